The first kappa shape index (κ1) is 13.6. The molecule has 0 saturated carbocycles. The maximum atomic E-state index is 10.9. The van der Waals surface area contributed by atoms with Crippen molar-refractivity contribution in [1.82, 2.24) is 0 Å². The number of carboxylic acid groups (broad SMARTS) is 1. The van der Waals surface area contributed by atoms with E-state index in [1.165, 1.54) is 6.07 Å². The van der Waals surface area contributed by atoms with Crippen molar-refractivity contribution in [3.8, 4) is 5.75 Å². The van der Waals surface area contributed by atoms with Gasteiger partial charge in [0.25, 0.3) is 0 Å². The molecule has 0 aromatic heterocycles. The maximum absolute atomic E-state index is 10.9. The number of hydrogen-bond acceptors (Lipinski definition) is 3. The van der Waals surface area contributed by atoms with Gasteiger partial charge in [0.1, 0.15) is 5.75 Å². The molecule has 0 radical (unpaired) electrons. The number of aromatic carboxylic acids is 1. The molecule has 0 spiro atoms. The van der Waals surface area contributed by atoms with Crippen molar-refractivity contribution in [3.63, 3.8) is 0 Å². The number of para-hydroxylation sites is 1. The Labute approximate surface area is 101 Å². The molecule has 1 heterocycles. The predicted molar refractivity (Wildman–Crippen MR) is 66.5 cm³/mol. The van der Waals surface area contributed by atoms with Crippen LogP contribution in [0, 0.1) is 0 Å². The molecule has 1 aliphatic rings. The molecule has 0 aliphatic carbocycles. The first-order valence-corrected chi connectivity index (χ1v) is 5.79. The minimum Gasteiger partial charge on any atom is -0.535 e. The Balaban J connectivity index is 0.000000686. The van der Waals surface area contributed by atoms with Gasteiger partial charge in [-0.3, -0.25) is 0 Å². The summed E-state index contributed by atoms with van der Waals surface area (Å²) in [7, 11) is -0.919. The Bertz CT molecular complexity index is 405. The summed E-state index contributed by atoms with van der Waals surface area (Å²) in [4.78, 5) is 10.9. The Morgan fingerprint density at radius 1 is 1.47 bits per heavy atom. The van der Waals surface area contributed by atoms with Crippen LogP contribution in [-0.4, -0.2) is 23.2 Å². The number of rotatable bonds is 1. The molecular formula is C12H17BO4. The van der Waals surface area contributed by atoms with E-state index < -0.39 is 13.1 Å². The van der Waals surface area contributed by atoms with Crippen LogP contribution in [0.15, 0.2) is 18.2 Å². The van der Waals surface area contributed by atoms with Crippen LogP contribution < -0.4 is 4.65 Å². The van der Waals surface area contributed by atoms with E-state index in [-0.39, 0.29) is 11.4 Å². The molecule has 0 bridgehead atoms. The highest BCUT2D eigenvalue weighted by atomic mass is 16.5. The van der Waals surface area contributed by atoms with E-state index in [1.807, 2.05) is 26.8 Å². The fraction of sp³-hybridized carbons (Fsp3) is 0.417. The largest absolute Gasteiger partial charge is 0.535 e. The summed E-state index contributed by atoms with van der Waals surface area (Å²) in [6.45, 7) is 5.86. The van der Waals surface area contributed by atoms with E-state index in [2.05, 4.69) is 0 Å². The third kappa shape index (κ3) is 2.80. The van der Waals surface area contributed by atoms with Crippen LogP contribution >= 0.6 is 0 Å². The molecule has 1 aliphatic heterocycles. The summed E-state index contributed by atoms with van der Waals surface area (Å²) in [6.07, 6.45) is 0.637. The number of carbonyl (C=O) groups is 1. The standard InChI is InChI=1S/C10H11BO4.C2H6/c1-6-5-7-3-2-4-8(10(12)13)9(7)15-11(6)14;1-2/h2-4,6,14H,5H2,1H3,(H,12,13);1-2H3. The topological polar surface area (TPSA) is 66.8 Å². The van der Waals surface area contributed by atoms with Gasteiger partial charge in [-0.05, 0) is 18.1 Å². The first-order chi connectivity index (χ1) is 8.09. The molecule has 1 atom stereocenters. The van der Waals surface area contributed by atoms with Gasteiger partial charge in [0.2, 0.25) is 0 Å². The Kier molecular flexibility index (Phi) is 4.58. The number of hydrogen-bond donors (Lipinski definition) is 2. The van der Waals surface area contributed by atoms with Gasteiger partial charge in [-0.1, -0.05) is 32.9 Å². The molecular weight excluding hydrogens is 219 g/mol. The van der Waals surface area contributed by atoms with E-state index >= 15 is 0 Å². The molecule has 4 nitrogen and oxygen atoms in total. The molecule has 0 saturated heterocycles. The molecule has 1 aromatic rings. The number of fused-ring (bicyclic) bond motifs is 1. The van der Waals surface area contributed by atoms with Crippen molar-refractivity contribution >= 4 is 13.1 Å². The smallest absolute Gasteiger partial charge is 0.525 e. The summed E-state index contributed by atoms with van der Waals surface area (Å²) >= 11 is 0. The van der Waals surface area contributed by atoms with Crippen LogP contribution in [0.4, 0.5) is 0 Å². The molecule has 17 heavy (non-hydrogen) atoms. The Morgan fingerprint density at radius 3 is 2.71 bits per heavy atom. The Hall–Kier alpha value is -1.49. The van der Waals surface area contributed by atoms with Gasteiger partial charge in [0, 0.05) is 5.82 Å². The lowest BCUT2D eigenvalue weighted by atomic mass is 9.68. The molecule has 1 unspecified atom stereocenters. The summed E-state index contributed by atoms with van der Waals surface area (Å²) in [5.41, 5.74) is 0.950. The average Bonchev–Trinajstić information content (AvgIpc) is 2.32. The highest BCUT2D eigenvalue weighted by Crippen LogP contribution is 2.34. The van der Waals surface area contributed by atoms with Crippen molar-refractivity contribution in [2.75, 3.05) is 0 Å². The van der Waals surface area contributed by atoms with Crippen LogP contribution in [0.1, 0.15) is 36.7 Å². The van der Waals surface area contributed by atoms with Crippen LogP contribution in [0.5, 0.6) is 5.75 Å². The highest BCUT2D eigenvalue weighted by molar-refractivity contribution is 6.46. The fourth-order valence-corrected chi connectivity index (χ4v) is 1.74. The van der Waals surface area contributed by atoms with E-state index in [0.29, 0.717) is 12.2 Å². The van der Waals surface area contributed by atoms with Crippen molar-refractivity contribution in [1.29, 1.82) is 0 Å². The van der Waals surface area contributed by atoms with Gasteiger partial charge in [-0.15, -0.1) is 0 Å². The lowest BCUT2D eigenvalue weighted by Gasteiger charge is -2.25. The minimum atomic E-state index is -1.03. The Morgan fingerprint density at radius 2 is 2.12 bits per heavy atom. The summed E-state index contributed by atoms with van der Waals surface area (Å²) in [6, 6.07) is 4.99. The van der Waals surface area contributed by atoms with Gasteiger partial charge >= 0.3 is 13.1 Å². The molecule has 2 rings (SSSR count). The zero-order valence-electron chi connectivity index (χ0n) is 10.3. The zero-order chi connectivity index (χ0) is 13.0. The quantitative estimate of drug-likeness (QED) is 0.733. The fourth-order valence-electron chi connectivity index (χ4n) is 1.74. The summed E-state index contributed by atoms with van der Waals surface area (Å²) < 4.78 is 5.21. The second-order valence-corrected chi connectivity index (χ2v) is 3.79. The van der Waals surface area contributed by atoms with Gasteiger partial charge in [-0.25, -0.2) is 4.79 Å². The van der Waals surface area contributed by atoms with Crippen LogP contribution in [-0.2, 0) is 6.42 Å². The normalized spacial score (nSPS) is 17.4. The van der Waals surface area contributed by atoms with Gasteiger partial charge in [-0.2, -0.15) is 0 Å². The van der Waals surface area contributed by atoms with Crippen molar-refractivity contribution in [2.45, 2.75) is 33.0 Å². The summed E-state index contributed by atoms with van der Waals surface area (Å²) in [5.74, 6) is -0.745. The van der Waals surface area contributed by atoms with E-state index in [0.717, 1.165) is 5.56 Å². The number of carboxylic acids is 1. The van der Waals surface area contributed by atoms with Crippen LogP contribution in [0.3, 0.4) is 0 Å². The van der Waals surface area contributed by atoms with Crippen LogP contribution in [0.2, 0.25) is 5.82 Å². The van der Waals surface area contributed by atoms with E-state index in [9.17, 15) is 9.82 Å². The third-order valence-electron chi connectivity index (χ3n) is 2.59. The SMILES string of the molecule is CC.CC1Cc2cccc(C(=O)O)c2OB1O. The average molecular weight is 236 g/mol. The van der Waals surface area contributed by atoms with Crippen LogP contribution in [0.25, 0.3) is 0 Å². The van der Waals surface area contributed by atoms with Crippen molar-refractivity contribution in [3.05, 3.63) is 29.3 Å². The monoisotopic (exact) mass is 236 g/mol. The maximum Gasteiger partial charge on any atom is 0.525 e. The molecule has 92 valence electrons. The van der Waals surface area contributed by atoms with Gasteiger partial charge in [0.05, 0.1) is 5.56 Å². The lowest BCUT2D eigenvalue weighted by Crippen LogP contribution is -2.33. The van der Waals surface area contributed by atoms with Gasteiger partial charge < -0.3 is 14.8 Å². The third-order valence-corrected chi connectivity index (χ3v) is 2.59. The van der Waals surface area contributed by atoms with Crippen molar-refractivity contribution in [2.24, 2.45) is 0 Å². The highest BCUT2D eigenvalue weighted by Gasteiger charge is 2.33. The summed E-state index contributed by atoms with van der Waals surface area (Å²) in [5, 5.41) is 18.4. The van der Waals surface area contributed by atoms with E-state index in [4.69, 9.17) is 9.76 Å². The van der Waals surface area contributed by atoms with E-state index in [1.54, 1.807) is 6.07 Å². The second-order valence-electron chi connectivity index (χ2n) is 3.79. The first-order valence-electron chi connectivity index (χ1n) is 5.79. The molecule has 0 fully saturated rings. The molecule has 2 N–H and O–H groups in total. The molecule has 5 heteroatoms. The minimum absolute atomic E-state index is 0.0125. The zero-order valence-corrected chi connectivity index (χ0v) is 10.3. The lowest BCUT2D eigenvalue weighted by molar-refractivity contribution is 0.0694. The number of benzene rings is 1. The molecule has 0 amide bonds. The predicted octanol–water partition coefficient (Wildman–Crippen LogP) is 2.22. The molecule has 1 aromatic carbocycles. The second kappa shape index (κ2) is 5.73. The van der Waals surface area contributed by atoms with Crippen molar-refractivity contribution < 1.29 is 19.6 Å². The van der Waals surface area contributed by atoms with Gasteiger partial charge in [0.15, 0.2) is 0 Å².